The number of likely N-dealkylation sites (tertiary alicyclic amines) is 1. The van der Waals surface area contributed by atoms with Gasteiger partial charge in [0.05, 0.1) is 25.0 Å². The molecule has 0 bridgehead atoms. The number of rotatable bonds is 2. The van der Waals surface area contributed by atoms with Crippen LogP contribution in [0.25, 0.3) is 0 Å². The van der Waals surface area contributed by atoms with Crippen LogP contribution in [-0.4, -0.2) is 51.2 Å². The number of hydrogen-bond acceptors (Lipinski definition) is 4. The van der Waals surface area contributed by atoms with Gasteiger partial charge in [0.15, 0.2) is 0 Å². The van der Waals surface area contributed by atoms with E-state index in [1.54, 1.807) is 23.6 Å². The number of aliphatic hydroxyl groups excluding tert-OH is 1. The highest BCUT2D eigenvalue weighted by molar-refractivity contribution is 5.78. The van der Waals surface area contributed by atoms with Gasteiger partial charge in [-0.25, -0.2) is 4.98 Å². The van der Waals surface area contributed by atoms with E-state index in [-0.39, 0.29) is 18.5 Å². The first kappa shape index (κ1) is 10.1. The summed E-state index contributed by atoms with van der Waals surface area (Å²) in [5.74, 6) is -0.128. The second kappa shape index (κ2) is 4.00. The first-order chi connectivity index (χ1) is 7.22. The van der Waals surface area contributed by atoms with E-state index in [9.17, 15) is 9.90 Å². The van der Waals surface area contributed by atoms with Crippen LogP contribution in [0.5, 0.6) is 0 Å². The molecule has 0 saturated carbocycles. The molecule has 82 valence electrons. The number of aromatic nitrogens is 2. The molecule has 3 N–H and O–H groups in total. The Balaban J connectivity index is 2.08. The SMILES string of the molecule is NCC(=O)N1CC(O)C(n2ccnc2)C1. The number of amides is 1. The zero-order valence-corrected chi connectivity index (χ0v) is 8.28. The second-order valence-corrected chi connectivity index (χ2v) is 3.65. The van der Waals surface area contributed by atoms with E-state index in [0.29, 0.717) is 13.1 Å². The van der Waals surface area contributed by atoms with Crippen LogP contribution in [-0.2, 0) is 4.79 Å². The van der Waals surface area contributed by atoms with Crippen molar-refractivity contribution in [2.75, 3.05) is 19.6 Å². The third-order valence-electron chi connectivity index (χ3n) is 2.69. The Morgan fingerprint density at radius 1 is 1.60 bits per heavy atom. The van der Waals surface area contributed by atoms with Crippen LogP contribution in [0.2, 0.25) is 0 Å². The van der Waals surface area contributed by atoms with Crippen molar-refractivity contribution < 1.29 is 9.90 Å². The van der Waals surface area contributed by atoms with Gasteiger partial charge in [0, 0.05) is 25.5 Å². The highest BCUT2D eigenvalue weighted by Gasteiger charge is 2.34. The maximum Gasteiger partial charge on any atom is 0.236 e. The van der Waals surface area contributed by atoms with Crippen LogP contribution in [0.15, 0.2) is 18.7 Å². The van der Waals surface area contributed by atoms with Crippen LogP contribution in [0.1, 0.15) is 6.04 Å². The zero-order chi connectivity index (χ0) is 10.8. The summed E-state index contributed by atoms with van der Waals surface area (Å²) < 4.78 is 1.81. The lowest BCUT2D eigenvalue weighted by Crippen LogP contribution is -2.34. The molecule has 2 heterocycles. The van der Waals surface area contributed by atoms with Crippen molar-refractivity contribution in [1.82, 2.24) is 14.5 Å². The number of nitrogens with two attached hydrogens (primary N) is 1. The molecule has 1 aromatic heterocycles. The van der Waals surface area contributed by atoms with Crippen LogP contribution in [0, 0.1) is 0 Å². The summed E-state index contributed by atoms with van der Waals surface area (Å²) in [5.41, 5.74) is 5.27. The fraction of sp³-hybridized carbons (Fsp3) is 0.556. The van der Waals surface area contributed by atoms with E-state index in [1.807, 2.05) is 4.57 Å². The summed E-state index contributed by atoms with van der Waals surface area (Å²) in [6, 6.07) is -0.108. The third kappa shape index (κ3) is 1.86. The zero-order valence-electron chi connectivity index (χ0n) is 8.28. The summed E-state index contributed by atoms with van der Waals surface area (Å²) in [6.07, 6.45) is 4.53. The molecular weight excluding hydrogens is 196 g/mol. The number of aliphatic hydroxyl groups is 1. The third-order valence-corrected chi connectivity index (χ3v) is 2.69. The van der Waals surface area contributed by atoms with E-state index in [1.165, 1.54) is 0 Å². The van der Waals surface area contributed by atoms with Crippen molar-refractivity contribution >= 4 is 5.91 Å². The average Bonchev–Trinajstić information content (AvgIpc) is 2.84. The highest BCUT2D eigenvalue weighted by atomic mass is 16.3. The van der Waals surface area contributed by atoms with E-state index in [4.69, 9.17) is 5.73 Å². The monoisotopic (exact) mass is 210 g/mol. The molecule has 2 rings (SSSR count). The van der Waals surface area contributed by atoms with Gasteiger partial charge in [0.2, 0.25) is 5.91 Å². The molecule has 0 radical (unpaired) electrons. The van der Waals surface area contributed by atoms with Crippen LogP contribution in [0.4, 0.5) is 0 Å². The number of hydrogen-bond donors (Lipinski definition) is 2. The molecule has 0 aliphatic carbocycles. The van der Waals surface area contributed by atoms with Crippen molar-refractivity contribution in [2.45, 2.75) is 12.1 Å². The molecule has 1 aliphatic rings. The molecule has 6 nitrogen and oxygen atoms in total. The fourth-order valence-electron chi connectivity index (χ4n) is 1.86. The molecule has 1 saturated heterocycles. The molecule has 1 aliphatic heterocycles. The minimum absolute atomic E-state index is 0.0105. The van der Waals surface area contributed by atoms with Gasteiger partial charge < -0.3 is 20.3 Å². The van der Waals surface area contributed by atoms with Crippen molar-refractivity contribution in [2.24, 2.45) is 5.73 Å². The molecule has 6 heteroatoms. The highest BCUT2D eigenvalue weighted by Crippen LogP contribution is 2.21. The smallest absolute Gasteiger partial charge is 0.236 e. The summed E-state index contributed by atoms with van der Waals surface area (Å²) in [7, 11) is 0. The quantitative estimate of drug-likeness (QED) is 0.628. The van der Waals surface area contributed by atoms with Gasteiger partial charge in [-0.1, -0.05) is 0 Å². The predicted octanol–water partition coefficient (Wildman–Crippen LogP) is -1.41. The van der Waals surface area contributed by atoms with Gasteiger partial charge in [-0.05, 0) is 0 Å². The van der Waals surface area contributed by atoms with E-state index >= 15 is 0 Å². The van der Waals surface area contributed by atoms with Crippen LogP contribution in [0.3, 0.4) is 0 Å². The normalized spacial score (nSPS) is 25.9. The molecule has 0 spiro atoms. The Bertz CT molecular complexity index is 338. The van der Waals surface area contributed by atoms with Crippen molar-refractivity contribution in [3.05, 3.63) is 18.7 Å². The standard InChI is InChI=1S/C9H14N4O2/c10-3-9(15)13-4-7(8(14)5-13)12-2-1-11-6-12/h1-2,6-8,14H,3-5,10H2. The van der Waals surface area contributed by atoms with Crippen molar-refractivity contribution in [3.8, 4) is 0 Å². The molecule has 1 amide bonds. The van der Waals surface area contributed by atoms with E-state index < -0.39 is 6.10 Å². The Morgan fingerprint density at radius 2 is 2.40 bits per heavy atom. The Kier molecular flexibility index (Phi) is 2.70. The lowest BCUT2D eigenvalue weighted by Gasteiger charge is -2.15. The van der Waals surface area contributed by atoms with Gasteiger partial charge in [-0.2, -0.15) is 0 Å². The molecular formula is C9H14N4O2. The summed E-state index contributed by atoms with van der Waals surface area (Å²) >= 11 is 0. The summed E-state index contributed by atoms with van der Waals surface area (Å²) in [5, 5.41) is 9.79. The summed E-state index contributed by atoms with van der Waals surface area (Å²) in [6.45, 7) is 0.829. The lowest BCUT2D eigenvalue weighted by molar-refractivity contribution is -0.129. The number of nitrogens with zero attached hydrogens (tertiary/aromatic N) is 3. The Morgan fingerprint density at radius 3 is 3.00 bits per heavy atom. The molecule has 2 unspecified atom stereocenters. The van der Waals surface area contributed by atoms with Crippen LogP contribution < -0.4 is 5.73 Å². The molecule has 2 atom stereocenters. The van der Waals surface area contributed by atoms with Crippen LogP contribution >= 0.6 is 0 Å². The predicted molar refractivity (Wildman–Crippen MR) is 52.9 cm³/mol. The summed E-state index contributed by atoms with van der Waals surface area (Å²) in [4.78, 5) is 16.8. The molecule has 15 heavy (non-hydrogen) atoms. The minimum atomic E-state index is -0.547. The number of imidazole rings is 1. The maximum absolute atomic E-state index is 11.3. The topological polar surface area (TPSA) is 84.4 Å². The Hall–Kier alpha value is -1.40. The van der Waals surface area contributed by atoms with Gasteiger partial charge in [-0.15, -0.1) is 0 Å². The number of carbonyl (C=O) groups is 1. The molecule has 1 aromatic rings. The van der Waals surface area contributed by atoms with Crippen molar-refractivity contribution in [3.63, 3.8) is 0 Å². The first-order valence-electron chi connectivity index (χ1n) is 4.85. The second-order valence-electron chi connectivity index (χ2n) is 3.65. The van der Waals surface area contributed by atoms with E-state index in [0.717, 1.165) is 0 Å². The number of β-amino-alcohol motifs (C(OH)–C–C–N with tert-alkyl or cyclic N) is 1. The van der Waals surface area contributed by atoms with Gasteiger partial charge in [0.25, 0.3) is 0 Å². The lowest BCUT2D eigenvalue weighted by atomic mass is 10.2. The minimum Gasteiger partial charge on any atom is -0.389 e. The van der Waals surface area contributed by atoms with E-state index in [2.05, 4.69) is 4.98 Å². The Labute approximate surface area is 87.3 Å². The van der Waals surface area contributed by atoms with Gasteiger partial charge in [-0.3, -0.25) is 4.79 Å². The molecule has 1 fully saturated rings. The fourth-order valence-corrected chi connectivity index (χ4v) is 1.86. The average molecular weight is 210 g/mol. The number of carbonyl (C=O) groups excluding carboxylic acids is 1. The largest absolute Gasteiger partial charge is 0.389 e. The first-order valence-corrected chi connectivity index (χ1v) is 4.85. The maximum atomic E-state index is 11.3. The molecule has 0 aromatic carbocycles. The van der Waals surface area contributed by atoms with Gasteiger partial charge >= 0.3 is 0 Å². The van der Waals surface area contributed by atoms with Crippen molar-refractivity contribution in [1.29, 1.82) is 0 Å². The van der Waals surface area contributed by atoms with Gasteiger partial charge in [0.1, 0.15) is 0 Å².